The summed E-state index contributed by atoms with van der Waals surface area (Å²) < 4.78 is 11.0. The van der Waals surface area contributed by atoms with Crippen molar-refractivity contribution in [3.8, 4) is 11.1 Å². The number of hydrogen-bond acceptors (Lipinski definition) is 5. The Morgan fingerprint density at radius 3 is 2.40 bits per heavy atom. The fourth-order valence-electron chi connectivity index (χ4n) is 4.98. The normalized spacial score (nSPS) is 17.9. The zero-order chi connectivity index (χ0) is 24.8. The molecule has 2 aromatic rings. The number of hydrogen-bond donors (Lipinski definition) is 2. The van der Waals surface area contributed by atoms with Crippen LogP contribution in [-0.2, 0) is 19.1 Å². The molecule has 186 valence electrons. The van der Waals surface area contributed by atoms with Gasteiger partial charge in [0, 0.05) is 24.9 Å². The molecular weight excluding hydrogens is 448 g/mol. The average molecular weight is 481 g/mol. The Labute approximate surface area is 205 Å². The number of carboxylic acids is 1. The number of alkyl carbamates (subject to hydrolysis) is 1. The van der Waals surface area contributed by atoms with Crippen LogP contribution in [0, 0.1) is 0 Å². The van der Waals surface area contributed by atoms with Gasteiger partial charge in [0.2, 0.25) is 5.91 Å². The van der Waals surface area contributed by atoms with Crippen molar-refractivity contribution in [3.05, 3.63) is 59.7 Å². The van der Waals surface area contributed by atoms with E-state index in [0.717, 1.165) is 11.1 Å². The van der Waals surface area contributed by atoms with Crippen molar-refractivity contribution in [2.45, 2.75) is 50.6 Å². The lowest BCUT2D eigenvalue weighted by molar-refractivity contribution is -0.146. The third kappa shape index (κ3) is 5.82. The molecule has 2 unspecified atom stereocenters. The maximum atomic E-state index is 12.8. The second kappa shape index (κ2) is 11.4. The minimum atomic E-state index is -0.957. The lowest BCUT2D eigenvalue weighted by Gasteiger charge is -2.35. The summed E-state index contributed by atoms with van der Waals surface area (Å²) in [4.78, 5) is 38.1. The van der Waals surface area contributed by atoms with Crippen molar-refractivity contribution in [2.75, 3.05) is 26.4 Å². The number of benzene rings is 2. The van der Waals surface area contributed by atoms with Crippen molar-refractivity contribution < 1.29 is 29.0 Å². The Hall–Kier alpha value is -3.39. The number of nitrogens with one attached hydrogen (secondary N) is 1. The van der Waals surface area contributed by atoms with Crippen LogP contribution in [0.5, 0.6) is 0 Å². The summed E-state index contributed by atoms with van der Waals surface area (Å²) in [6.07, 6.45) is 0.691. The van der Waals surface area contributed by atoms with Crippen LogP contribution in [0.15, 0.2) is 48.5 Å². The van der Waals surface area contributed by atoms with Gasteiger partial charge >= 0.3 is 12.1 Å². The van der Waals surface area contributed by atoms with E-state index in [9.17, 15) is 14.4 Å². The Bertz CT molecular complexity index is 1030. The SMILES string of the molecule is CCC(CCC(=O)N1CCOCC1CC(=O)O)NC(=O)OCC1c2ccccc2-c2ccccc21. The molecule has 0 aromatic heterocycles. The van der Waals surface area contributed by atoms with Crippen LogP contribution < -0.4 is 5.32 Å². The van der Waals surface area contributed by atoms with Crippen LogP contribution in [0.2, 0.25) is 0 Å². The first-order valence-corrected chi connectivity index (χ1v) is 12.2. The topological polar surface area (TPSA) is 105 Å². The summed E-state index contributed by atoms with van der Waals surface area (Å²) in [5, 5.41) is 12.0. The summed E-state index contributed by atoms with van der Waals surface area (Å²) in [6.45, 7) is 3.19. The molecule has 1 aliphatic heterocycles. The zero-order valence-electron chi connectivity index (χ0n) is 19.9. The molecule has 4 rings (SSSR count). The molecule has 1 heterocycles. The molecule has 1 fully saturated rings. The Morgan fingerprint density at radius 1 is 1.11 bits per heavy atom. The molecule has 0 spiro atoms. The summed E-state index contributed by atoms with van der Waals surface area (Å²) in [5.41, 5.74) is 4.65. The van der Waals surface area contributed by atoms with Gasteiger partial charge in [0.1, 0.15) is 6.61 Å². The highest BCUT2D eigenvalue weighted by atomic mass is 16.5. The number of ether oxygens (including phenoxy) is 2. The van der Waals surface area contributed by atoms with Crippen LogP contribution in [0.25, 0.3) is 11.1 Å². The van der Waals surface area contributed by atoms with Crippen LogP contribution in [-0.4, -0.2) is 66.4 Å². The number of fused-ring (bicyclic) bond motifs is 3. The van der Waals surface area contributed by atoms with Crippen molar-refractivity contribution in [1.82, 2.24) is 10.2 Å². The number of aliphatic carboxylic acids is 1. The molecule has 2 N–H and O–H groups in total. The lowest BCUT2D eigenvalue weighted by Crippen LogP contribution is -2.49. The highest BCUT2D eigenvalue weighted by Crippen LogP contribution is 2.44. The molecule has 2 amide bonds. The van der Waals surface area contributed by atoms with Crippen LogP contribution in [0.4, 0.5) is 4.79 Å². The third-order valence-electron chi connectivity index (χ3n) is 6.82. The van der Waals surface area contributed by atoms with Gasteiger partial charge in [-0.3, -0.25) is 9.59 Å². The quantitative estimate of drug-likeness (QED) is 0.566. The van der Waals surface area contributed by atoms with Crippen molar-refractivity contribution in [2.24, 2.45) is 0 Å². The van der Waals surface area contributed by atoms with E-state index in [1.54, 1.807) is 4.90 Å². The lowest BCUT2D eigenvalue weighted by atomic mass is 9.98. The molecule has 2 aliphatic rings. The minimum absolute atomic E-state index is 0.0118. The number of morpholine rings is 1. The van der Waals surface area contributed by atoms with Gasteiger partial charge in [-0.1, -0.05) is 55.5 Å². The van der Waals surface area contributed by atoms with E-state index >= 15 is 0 Å². The Balaban J connectivity index is 1.29. The fourth-order valence-corrected chi connectivity index (χ4v) is 4.98. The summed E-state index contributed by atoms with van der Waals surface area (Å²) in [5.74, 6) is -1.09. The second-order valence-electron chi connectivity index (χ2n) is 9.03. The first-order valence-electron chi connectivity index (χ1n) is 12.2. The maximum Gasteiger partial charge on any atom is 0.407 e. The average Bonchev–Trinajstić information content (AvgIpc) is 3.18. The van der Waals surface area contributed by atoms with Crippen LogP contribution in [0.3, 0.4) is 0 Å². The predicted octanol–water partition coefficient (Wildman–Crippen LogP) is 3.79. The maximum absolute atomic E-state index is 12.8. The molecule has 1 aliphatic carbocycles. The zero-order valence-corrected chi connectivity index (χ0v) is 19.9. The molecule has 1 saturated heterocycles. The van der Waals surface area contributed by atoms with Gasteiger partial charge in [0.15, 0.2) is 0 Å². The second-order valence-corrected chi connectivity index (χ2v) is 9.03. The molecular formula is C27H32N2O6. The Morgan fingerprint density at radius 2 is 1.77 bits per heavy atom. The van der Waals surface area contributed by atoms with E-state index in [4.69, 9.17) is 14.6 Å². The summed E-state index contributed by atoms with van der Waals surface area (Å²) in [6, 6.07) is 15.7. The van der Waals surface area contributed by atoms with Crippen LogP contribution >= 0.6 is 0 Å². The molecule has 0 bridgehead atoms. The third-order valence-corrected chi connectivity index (χ3v) is 6.82. The molecule has 8 heteroatoms. The highest BCUT2D eigenvalue weighted by molar-refractivity contribution is 5.79. The molecule has 0 saturated carbocycles. The number of rotatable bonds is 9. The smallest absolute Gasteiger partial charge is 0.407 e. The number of carbonyl (C=O) groups is 3. The van der Waals surface area contributed by atoms with E-state index in [1.165, 1.54) is 11.1 Å². The van der Waals surface area contributed by atoms with E-state index in [0.29, 0.717) is 26.0 Å². The van der Waals surface area contributed by atoms with Gasteiger partial charge in [-0.2, -0.15) is 0 Å². The van der Waals surface area contributed by atoms with E-state index < -0.39 is 18.1 Å². The number of nitrogens with zero attached hydrogens (tertiary/aromatic N) is 1. The standard InChI is InChI=1S/C27H32N2O6/c1-2-18(11-12-25(30)29-13-14-34-16-19(29)15-26(31)32)28-27(33)35-17-24-22-9-5-3-7-20(22)21-8-4-6-10-23(21)24/h3-10,18-19,24H,2,11-17H2,1H3,(H,28,33)(H,31,32). The summed E-state index contributed by atoms with van der Waals surface area (Å²) in [7, 11) is 0. The van der Waals surface area contributed by atoms with Gasteiger partial charge in [-0.15, -0.1) is 0 Å². The van der Waals surface area contributed by atoms with Crippen molar-refractivity contribution in [1.29, 1.82) is 0 Å². The van der Waals surface area contributed by atoms with E-state index in [1.807, 2.05) is 31.2 Å². The van der Waals surface area contributed by atoms with Crippen molar-refractivity contribution in [3.63, 3.8) is 0 Å². The Kier molecular flexibility index (Phi) is 8.02. The van der Waals surface area contributed by atoms with Gasteiger partial charge in [-0.25, -0.2) is 4.79 Å². The first kappa shape index (κ1) is 24.7. The molecule has 35 heavy (non-hydrogen) atoms. The number of carbonyl (C=O) groups excluding carboxylic acids is 2. The van der Waals surface area contributed by atoms with Gasteiger partial charge in [0.25, 0.3) is 0 Å². The molecule has 0 radical (unpaired) electrons. The van der Waals surface area contributed by atoms with Crippen molar-refractivity contribution >= 4 is 18.0 Å². The first-order chi connectivity index (χ1) is 17.0. The van der Waals surface area contributed by atoms with Gasteiger partial charge < -0.3 is 24.8 Å². The largest absolute Gasteiger partial charge is 0.481 e. The molecule has 2 aromatic carbocycles. The molecule has 2 atom stereocenters. The monoisotopic (exact) mass is 480 g/mol. The van der Waals surface area contributed by atoms with Gasteiger partial charge in [-0.05, 0) is 35.1 Å². The number of carboxylic acid groups (broad SMARTS) is 1. The van der Waals surface area contributed by atoms with E-state index in [2.05, 4.69) is 29.6 Å². The fraction of sp³-hybridized carbons (Fsp3) is 0.444. The predicted molar refractivity (Wildman–Crippen MR) is 130 cm³/mol. The number of amides is 2. The van der Waals surface area contributed by atoms with E-state index in [-0.39, 0.29) is 43.9 Å². The summed E-state index contributed by atoms with van der Waals surface area (Å²) >= 11 is 0. The highest BCUT2D eigenvalue weighted by Gasteiger charge is 2.30. The molecule has 8 nitrogen and oxygen atoms in total. The minimum Gasteiger partial charge on any atom is -0.481 e. The van der Waals surface area contributed by atoms with Crippen LogP contribution in [0.1, 0.15) is 49.7 Å². The van der Waals surface area contributed by atoms with Gasteiger partial charge in [0.05, 0.1) is 25.7 Å².